The summed E-state index contributed by atoms with van der Waals surface area (Å²) in [5, 5.41) is 0. The lowest BCUT2D eigenvalue weighted by Crippen LogP contribution is -2.42. The molecule has 0 bridgehead atoms. The highest BCUT2D eigenvalue weighted by atomic mass is 16.5. The van der Waals surface area contributed by atoms with E-state index in [-0.39, 0.29) is 24.4 Å². The minimum Gasteiger partial charge on any atom is -0.484 e. The fraction of sp³-hybridized carbons (Fsp3) is 0.529. The summed E-state index contributed by atoms with van der Waals surface area (Å²) in [7, 11) is 1.40. The minimum absolute atomic E-state index is 0.0345. The molecule has 1 heterocycles. The van der Waals surface area contributed by atoms with Crippen LogP contribution in [0.5, 0.6) is 5.75 Å². The second-order valence-corrected chi connectivity index (χ2v) is 5.74. The van der Waals surface area contributed by atoms with E-state index in [0.717, 1.165) is 11.3 Å². The number of piperidine rings is 1. The molecule has 2 rings (SSSR count). The molecular formula is C17H23NO4. The van der Waals surface area contributed by atoms with Gasteiger partial charge in [-0.25, -0.2) is 0 Å². The van der Waals surface area contributed by atoms with E-state index in [2.05, 4.69) is 0 Å². The highest BCUT2D eigenvalue weighted by molar-refractivity contribution is 5.78. The lowest BCUT2D eigenvalue weighted by molar-refractivity contribution is -0.149. The van der Waals surface area contributed by atoms with Gasteiger partial charge in [0.2, 0.25) is 0 Å². The van der Waals surface area contributed by atoms with Gasteiger partial charge in [0.25, 0.3) is 5.91 Å². The molecule has 1 fully saturated rings. The molecule has 0 saturated carbocycles. The van der Waals surface area contributed by atoms with Crippen molar-refractivity contribution in [2.75, 3.05) is 26.8 Å². The molecule has 0 aliphatic carbocycles. The first-order valence-corrected chi connectivity index (χ1v) is 7.57. The van der Waals surface area contributed by atoms with Crippen LogP contribution in [-0.2, 0) is 14.3 Å². The Morgan fingerprint density at radius 3 is 2.50 bits per heavy atom. The highest BCUT2D eigenvalue weighted by Gasteiger charge is 2.27. The van der Waals surface area contributed by atoms with E-state index < -0.39 is 0 Å². The van der Waals surface area contributed by atoms with Gasteiger partial charge in [0.1, 0.15) is 5.75 Å². The van der Waals surface area contributed by atoms with Gasteiger partial charge in [-0.3, -0.25) is 9.59 Å². The van der Waals surface area contributed by atoms with Gasteiger partial charge in [0.05, 0.1) is 13.0 Å². The molecule has 0 radical (unpaired) electrons. The number of hydrogen-bond acceptors (Lipinski definition) is 4. The molecule has 0 aromatic heterocycles. The van der Waals surface area contributed by atoms with Gasteiger partial charge in [-0.05, 0) is 38.3 Å². The monoisotopic (exact) mass is 305 g/mol. The molecule has 1 amide bonds. The number of likely N-dealkylation sites (tertiary alicyclic amines) is 1. The third kappa shape index (κ3) is 4.00. The number of rotatable bonds is 4. The van der Waals surface area contributed by atoms with E-state index in [1.807, 2.05) is 32.0 Å². The number of carbonyl (C=O) groups excluding carboxylic acids is 2. The van der Waals surface area contributed by atoms with Crippen LogP contribution in [0, 0.1) is 19.8 Å². The zero-order valence-corrected chi connectivity index (χ0v) is 13.4. The van der Waals surface area contributed by atoms with Crippen molar-refractivity contribution in [3.63, 3.8) is 0 Å². The normalized spacial score (nSPS) is 15.5. The Balaban J connectivity index is 1.82. The van der Waals surface area contributed by atoms with Crippen LogP contribution >= 0.6 is 0 Å². The lowest BCUT2D eigenvalue weighted by atomic mass is 9.97. The Kier molecular flexibility index (Phi) is 5.41. The van der Waals surface area contributed by atoms with Crippen molar-refractivity contribution in [1.82, 2.24) is 4.90 Å². The van der Waals surface area contributed by atoms with Gasteiger partial charge in [0, 0.05) is 13.1 Å². The molecule has 0 unspecified atom stereocenters. The standard InChI is InChI=1S/C17H23NO4/c1-12-4-5-15(13(2)10-12)22-11-16(19)18-8-6-14(7-9-18)17(20)21-3/h4-5,10,14H,6-9,11H2,1-3H3. The summed E-state index contributed by atoms with van der Waals surface area (Å²) < 4.78 is 10.4. The third-order valence-corrected chi connectivity index (χ3v) is 4.06. The first-order valence-electron chi connectivity index (χ1n) is 7.57. The molecule has 1 aromatic rings. The largest absolute Gasteiger partial charge is 0.484 e. The zero-order valence-electron chi connectivity index (χ0n) is 13.4. The van der Waals surface area contributed by atoms with E-state index in [9.17, 15) is 9.59 Å². The van der Waals surface area contributed by atoms with Gasteiger partial charge < -0.3 is 14.4 Å². The number of esters is 1. The molecule has 1 aromatic carbocycles. The number of ether oxygens (including phenoxy) is 2. The summed E-state index contributed by atoms with van der Waals surface area (Å²) in [5.41, 5.74) is 2.19. The maximum atomic E-state index is 12.2. The lowest BCUT2D eigenvalue weighted by Gasteiger charge is -2.30. The van der Waals surface area contributed by atoms with E-state index in [1.165, 1.54) is 12.7 Å². The summed E-state index contributed by atoms with van der Waals surface area (Å²) in [6.45, 7) is 5.18. The maximum Gasteiger partial charge on any atom is 0.308 e. The quantitative estimate of drug-likeness (QED) is 0.799. The van der Waals surface area contributed by atoms with Crippen LogP contribution in [0.25, 0.3) is 0 Å². The summed E-state index contributed by atoms with van der Waals surface area (Å²) in [5.74, 6) is 0.430. The topological polar surface area (TPSA) is 55.8 Å². The van der Waals surface area contributed by atoms with E-state index in [0.29, 0.717) is 25.9 Å². The average molecular weight is 305 g/mol. The van der Waals surface area contributed by atoms with E-state index >= 15 is 0 Å². The van der Waals surface area contributed by atoms with Crippen molar-refractivity contribution >= 4 is 11.9 Å². The van der Waals surface area contributed by atoms with Crippen LogP contribution in [0.4, 0.5) is 0 Å². The van der Waals surface area contributed by atoms with E-state index in [1.54, 1.807) is 4.90 Å². The van der Waals surface area contributed by atoms with Crippen molar-refractivity contribution in [1.29, 1.82) is 0 Å². The summed E-state index contributed by atoms with van der Waals surface area (Å²) in [6.07, 6.45) is 1.31. The average Bonchev–Trinajstić information content (AvgIpc) is 2.53. The third-order valence-electron chi connectivity index (χ3n) is 4.06. The number of methoxy groups -OCH3 is 1. The Hall–Kier alpha value is -2.04. The number of carbonyl (C=O) groups is 2. The molecule has 5 nitrogen and oxygen atoms in total. The van der Waals surface area contributed by atoms with Crippen molar-refractivity contribution in [3.05, 3.63) is 29.3 Å². The Morgan fingerprint density at radius 1 is 1.23 bits per heavy atom. The minimum atomic E-state index is -0.182. The number of aryl methyl sites for hydroxylation is 2. The Morgan fingerprint density at radius 2 is 1.91 bits per heavy atom. The van der Waals surface area contributed by atoms with Gasteiger partial charge in [-0.15, -0.1) is 0 Å². The molecule has 120 valence electrons. The van der Waals surface area contributed by atoms with Crippen molar-refractivity contribution in [2.45, 2.75) is 26.7 Å². The van der Waals surface area contributed by atoms with Crippen molar-refractivity contribution < 1.29 is 19.1 Å². The molecule has 0 N–H and O–H groups in total. The van der Waals surface area contributed by atoms with Gasteiger partial charge >= 0.3 is 5.97 Å². The van der Waals surface area contributed by atoms with Crippen LogP contribution in [0.2, 0.25) is 0 Å². The molecule has 22 heavy (non-hydrogen) atoms. The summed E-state index contributed by atoms with van der Waals surface area (Å²) in [6, 6.07) is 5.89. The van der Waals surface area contributed by atoms with Crippen LogP contribution in [0.1, 0.15) is 24.0 Å². The number of nitrogens with zero attached hydrogens (tertiary/aromatic N) is 1. The second kappa shape index (κ2) is 7.29. The molecule has 5 heteroatoms. The van der Waals surface area contributed by atoms with Gasteiger partial charge in [-0.2, -0.15) is 0 Å². The van der Waals surface area contributed by atoms with Crippen LogP contribution < -0.4 is 4.74 Å². The van der Waals surface area contributed by atoms with Gasteiger partial charge in [0.15, 0.2) is 6.61 Å². The highest BCUT2D eigenvalue weighted by Crippen LogP contribution is 2.20. The molecule has 1 aliphatic heterocycles. The predicted octanol–water partition coefficient (Wildman–Crippen LogP) is 2.09. The van der Waals surface area contributed by atoms with Crippen molar-refractivity contribution in [2.24, 2.45) is 5.92 Å². The predicted molar refractivity (Wildman–Crippen MR) is 82.7 cm³/mol. The molecule has 0 spiro atoms. The fourth-order valence-corrected chi connectivity index (χ4v) is 2.72. The van der Waals surface area contributed by atoms with E-state index in [4.69, 9.17) is 9.47 Å². The van der Waals surface area contributed by atoms with Crippen molar-refractivity contribution in [3.8, 4) is 5.75 Å². The first-order chi connectivity index (χ1) is 10.5. The van der Waals surface area contributed by atoms with Crippen LogP contribution in [0.15, 0.2) is 18.2 Å². The summed E-state index contributed by atoms with van der Waals surface area (Å²) in [4.78, 5) is 25.4. The number of amides is 1. The Bertz CT molecular complexity index is 548. The molecule has 0 atom stereocenters. The van der Waals surface area contributed by atoms with Crippen LogP contribution in [-0.4, -0.2) is 43.6 Å². The Labute approximate surface area is 131 Å². The smallest absolute Gasteiger partial charge is 0.308 e. The number of hydrogen-bond donors (Lipinski definition) is 0. The second-order valence-electron chi connectivity index (χ2n) is 5.74. The molecule has 1 saturated heterocycles. The molecule has 1 aliphatic rings. The zero-order chi connectivity index (χ0) is 16.1. The SMILES string of the molecule is COC(=O)C1CCN(C(=O)COc2ccc(C)cc2C)CC1. The summed E-state index contributed by atoms with van der Waals surface area (Å²) >= 11 is 0. The fourth-order valence-electron chi connectivity index (χ4n) is 2.72. The molecular weight excluding hydrogens is 282 g/mol. The number of benzene rings is 1. The van der Waals surface area contributed by atoms with Gasteiger partial charge in [-0.1, -0.05) is 17.7 Å². The first kappa shape index (κ1) is 16.3. The van der Waals surface area contributed by atoms with Crippen LogP contribution in [0.3, 0.4) is 0 Å². The maximum absolute atomic E-state index is 12.2.